The van der Waals surface area contributed by atoms with Gasteiger partial charge in [0.05, 0.1) is 26.4 Å². The fraction of sp³-hybridized carbons (Fsp3) is 0.750. The summed E-state index contributed by atoms with van der Waals surface area (Å²) in [5, 5.41) is 4.50. The van der Waals surface area contributed by atoms with Crippen molar-refractivity contribution in [2.75, 3.05) is 20.3 Å². The van der Waals surface area contributed by atoms with Crippen LogP contribution >= 0.6 is 0 Å². The number of carbonyl (C=O) groups excluding carboxylic acids is 1. The van der Waals surface area contributed by atoms with Crippen LogP contribution in [0.4, 0.5) is 0 Å². The summed E-state index contributed by atoms with van der Waals surface area (Å²) in [6.07, 6.45) is 0. The summed E-state index contributed by atoms with van der Waals surface area (Å²) < 4.78 is 18.1. The maximum atomic E-state index is 11.9. The number of ether oxygens (including phenoxy) is 2. The standard InChI is InChI=1S/C16H30N2O4Si/c1-9-21-14-10-13(15(19)20-6)18(17-14)12(2)11-22-23(7,8)16(3,4)5/h10,12H,9,11H2,1-8H3/t12-/m0/s1. The number of carbonyl (C=O) groups is 1. The number of hydrogen-bond donors (Lipinski definition) is 0. The third-order valence-corrected chi connectivity index (χ3v) is 8.81. The van der Waals surface area contributed by atoms with E-state index in [1.54, 1.807) is 10.7 Å². The lowest BCUT2D eigenvalue weighted by atomic mass is 10.2. The predicted molar refractivity (Wildman–Crippen MR) is 92.6 cm³/mol. The van der Waals surface area contributed by atoms with Crippen molar-refractivity contribution in [3.8, 4) is 5.88 Å². The van der Waals surface area contributed by atoms with E-state index in [4.69, 9.17) is 13.9 Å². The Morgan fingerprint density at radius 1 is 1.39 bits per heavy atom. The molecule has 1 atom stereocenters. The minimum absolute atomic E-state index is 0.0903. The van der Waals surface area contributed by atoms with E-state index in [1.165, 1.54) is 7.11 Å². The number of hydrogen-bond acceptors (Lipinski definition) is 5. The summed E-state index contributed by atoms with van der Waals surface area (Å²) in [6, 6.07) is 1.52. The monoisotopic (exact) mass is 342 g/mol. The molecule has 0 saturated heterocycles. The fourth-order valence-corrected chi connectivity index (χ4v) is 2.89. The van der Waals surface area contributed by atoms with Gasteiger partial charge in [0, 0.05) is 6.07 Å². The normalized spacial score (nSPS) is 13.7. The van der Waals surface area contributed by atoms with Crippen molar-refractivity contribution in [2.45, 2.75) is 58.8 Å². The largest absolute Gasteiger partial charge is 0.477 e. The summed E-state index contributed by atoms with van der Waals surface area (Å²) in [7, 11) is -0.492. The average Bonchev–Trinajstić information content (AvgIpc) is 2.87. The Balaban J connectivity index is 2.94. The molecular weight excluding hydrogens is 312 g/mol. The summed E-state index contributed by atoms with van der Waals surface area (Å²) >= 11 is 0. The van der Waals surface area contributed by atoms with Crippen LogP contribution in [0.5, 0.6) is 5.88 Å². The molecule has 0 bridgehead atoms. The molecule has 1 aromatic heterocycles. The van der Waals surface area contributed by atoms with E-state index in [-0.39, 0.29) is 11.1 Å². The molecule has 23 heavy (non-hydrogen) atoms. The second-order valence-electron chi connectivity index (χ2n) is 7.16. The molecule has 0 saturated carbocycles. The highest BCUT2D eigenvalue weighted by molar-refractivity contribution is 6.74. The van der Waals surface area contributed by atoms with Gasteiger partial charge in [0.1, 0.15) is 0 Å². The van der Waals surface area contributed by atoms with Gasteiger partial charge >= 0.3 is 5.97 Å². The first-order valence-corrected chi connectivity index (χ1v) is 10.9. The smallest absolute Gasteiger partial charge is 0.356 e. The molecule has 0 radical (unpaired) electrons. The Labute approximate surface area is 140 Å². The van der Waals surface area contributed by atoms with E-state index in [2.05, 4.69) is 39.0 Å². The third kappa shape index (κ3) is 4.81. The lowest BCUT2D eigenvalue weighted by Crippen LogP contribution is -2.42. The van der Waals surface area contributed by atoms with E-state index in [0.717, 1.165) is 0 Å². The van der Waals surface area contributed by atoms with E-state index >= 15 is 0 Å². The number of methoxy groups -OCH3 is 1. The van der Waals surface area contributed by atoms with Crippen molar-refractivity contribution in [2.24, 2.45) is 0 Å². The van der Waals surface area contributed by atoms with Crippen molar-refractivity contribution in [3.63, 3.8) is 0 Å². The molecule has 1 rings (SSSR count). The zero-order valence-corrected chi connectivity index (χ0v) is 16.6. The number of rotatable bonds is 7. The van der Waals surface area contributed by atoms with Gasteiger partial charge in [-0.25, -0.2) is 9.48 Å². The van der Waals surface area contributed by atoms with Crippen LogP contribution in [0.15, 0.2) is 6.07 Å². The van der Waals surface area contributed by atoms with Gasteiger partial charge in [-0.3, -0.25) is 0 Å². The van der Waals surface area contributed by atoms with Gasteiger partial charge in [-0.1, -0.05) is 20.8 Å². The van der Waals surface area contributed by atoms with Crippen LogP contribution in [0.2, 0.25) is 18.1 Å². The maximum Gasteiger partial charge on any atom is 0.356 e. The second-order valence-corrected chi connectivity index (χ2v) is 12.0. The Hall–Kier alpha value is -1.34. The molecule has 0 spiro atoms. The number of nitrogens with zero attached hydrogens (tertiary/aromatic N) is 2. The molecular formula is C16H30N2O4Si. The van der Waals surface area contributed by atoms with Crippen LogP contribution in [-0.4, -0.2) is 44.4 Å². The molecule has 1 aromatic rings. The van der Waals surface area contributed by atoms with E-state index in [9.17, 15) is 4.79 Å². The van der Waals surface area contributed by atoms with Crippen LogP contribution in [-0.2, 0) is 9.16 Å². The van der Waals surface area contributed by atoms with Crippen molar-refractivity contribution < 1.29 is 18.7 Å². The minimum Gasteiger partial charge on any atom is -0.477 e. The van der Waals surface area contributed by atoms with Gasteiger partial charge in [-0.05, 0) is 32.0 Å². The molecule has 0 aliphatic carbocycles. The van der Waals surface area contributed by atoms with Gasteiger partial charge in [-0.2, -0.15) is 0 Å². The summed E-state index contributed by atoms with van der Waals surface area (Å²) in [6.45, 7) is 15.8. The van der Waals surface area contributed by atoms with Crippen LogP contribution in [0.25, 0.3) is 0 Å². The predicted octanol–water partition coefficient (Wildman–Crippen LogP) is 3.65. The highest BCUT2D eigenvalue weighted by atomic mass is 28.4. The second kappa shape index (κ2) is 7.48. The topological polar surface area (TPSA) is 62.6 Å². The van der Waals surface area contributed by atoms with Gasteiger partial charge in [0.15, 0.2) is 14.0 Å². The zero-order valence-electron chi connectivity index (χ0n) is 15.6. The van der Waals surface area contributed by atoms with Crippen molar-refractivity contribution in [1.29, 1.82) is 0 Å². The van der Waals surface area contributed by atoms with Crippen LogP contribution < -0.4 is 4.74 Å². The summed E-state index contributed by atoms with van der Waals surface area (Å²) in [5.74, 6) is -0.00490. The molecule has 1 heterocycles. The summed E-state index contributed by atoms with van der Waals surface area (Å²) in [4.78, 5) is 11.9. The Morgan fingerprint density at radius 3 is 2.48 bits per heavy atom. The Bertz CT molecular complexity index is 535. The first-order chi connectivity index (χ1) is 10.5. The minimum atomic E-state index is -1.85. The third-order valence-electron chi connectivity index (χ3n) is 4.31. The Kier molecular flexibility index (Phi) is 6.41. The van der Waals surface area contributed by atoms with Crippen LogP contribution in [0.1, 0.15) is 51.1 Å². The van der Waals surface area contributed by atoms with Gasteiger partial charge in [0.25, 0.3) is 0 Å². The molecule has 132 valence electrons. The molecule has 7 heteroatoms. The average molecular weight is 343 g/mol. The van der Waals surface area contributed by atoms with Crippen molar-refractivity contribution in [3.05, 3.63) is 11.8 Å². The quantitative estimate of drug-likeness (QED) is 0.559. The summed E-state index contributed by atoms with van der Waals surface area (Å²) in [5.41, 5.74) is 0.377. The molecule has 0 aliphatic rings. The maximum absolute atomic E-state index is 11.9. The van der Waals surface area contributed by atoms with Crippen LogP contribution in [0.3, 0.4) is 0 Å². The fourth-order valence-electron chi connectivity index (χ4n) is 1.80. The van der Waals surface area contributed by atoms with Crippen molar-refractivity contribution in [1.82, 2.24) is 9.78 Å². The van der Waals surface area contributed by atoms with Gasteiger partial charge in [-0.15, -0.1) is 5.10 Å². The van der Waals surface area contributed by atoms with Crippen molar-refractivity contribution >= 4 is 14.3 Å². The molecule has 6 nitrogen and oxygen atoms in total. The SMILES string of the molecule is CCOc1cc(C(=O)OC)n([C@@H](C)CO[Si](C)(C)C(C)(C)C)n1. The lowest BCUT2D eigenvalue weighted by Gasteiger charge is -2.37. The van der Waals surface area contributed by atoms with Crippen LogP contribution in [0, 0.1) is 0 Å². The number of esters is 1. The highest BCUT2D eigenvalue weighted by Crippen LogP contribution is 2.37. The van der Waals surface area contributed by atoms with E-state index in [0.29, 0.717) is 24.8 Å². The zero-order chi connectivity index (χ0) is 17.8. The van der Waals surface area contributed by atoms with Gasteiger partial charge in [0.2, 0.25) is 5.88 Å². The first-order valence-electron chi connectivity index (χ1n) is 7.98. The molecule has 0 aliphatic heterocycles. The lowest BCUT2D eigenvalue weighted by molar-refractivity contribution is 0.0581. The van der Waals surface area contributed by atoms with E-state index in [1.807, 2.05) is 13.8 Å². The first kappa shape index (κ1) is 19.7. The van der Waals surface area contributed by atoms with E-state index < -0.39 is 14.3 Å². The molecule has 0 amide bonds. The molecule has 0 aromatic carbocycles. The van der Waals surface area contributed by atoms with Gasteiger partial charge < -0.3 is 13.9 Å². The number of aromatic nitrogens is 2. The molecule has 0 N–H and O–H groups in total. The molecule has 0 fully saturated rings. The molecule has 0 unspecified atom stereocenters. The Morgan fingerprint density at radius 2 is 2.00 bits per heavy atom. The highest BCUT2D eigenvalue weighted by Gasteiger charge is 2.37.